The third kappa shape index (κ3) is 2.57. The van der Waals surface area contributed by atoms with E-state index in [2.05, 4.69) is 0 Å². The molecule has 0 radical (unpaired) electrons. The van der Waals surface area contributed by atoms with Gasteiger partial charge in [0.2, 0.25) is 0 Å². The van der Waals surface area contributed by atoms with Gasteiger partial charge in [-0.05, 0) is 17.2 Å². The Balaban J connectivity index is 2.07. The lowest BCUT2D eigenvalue weighted by molar-refractivity contribution is -0.150. The number of aliphatic hydroxyl groups is 1. The van der Waals surface area contributed by atoms with Crippen LogP contribution >= 0.6 is 11.8 Å². The number of benzene rings is 2. The molecule has 2 aromatic rings. The summed E-state index contributed by atoms with van der Waals surface area (Å²) in [4.78, 5) is 13.2. The van der Waals surface area contributed by atoms with Gasteiger partial charge in [0.15, 0.2) is 0 Å². The van der Waals surface area contributed by atoms with E-state index in [9.17, 15) is 9.90 Å². The Bertz CT molecular complexity index is 641. The molecular weight excluding hydrogens is 284 g/mol. The number of ether oxygens (including phenoxy) is 1. The number of hydrogen-bond acceptors (Lipinski definition) is 4. The van der Waals surface area contributed by atoms with Crippen molar-refractivity contribution in [2.45, 2.75) is 16.2 Å². The summed E-state index contributed by atoms with van der Waals surface area (Å²) in [6.07, 6.45) is -0.847. The van der Waals surface area contributed by atoms with E-state index in [-0.39, 0.29) is 11.2 Å². The first-order valence-corrected chi connectivity index (χ1v) is 7.66. The van der Waals surface area contributed by atoms with Gasteiger partial charge in [-0.25, -0.2) is 0 Å². The number of fused-ring (bicyclic) bond motifs is 1. The molecule has 0 aromatic heterocycles. The molecule has 0 aliphatic carbocycles. The summed E-state index contributed by atoms with van der Waals surface area (Å²) in [6, 6.07) is 17.4. The predicted molar refractivity (Wildman–Crippen MR) is 81.9 cm³/mol. The maximum absolute atomic E-state index is 12.2. The SMILES string of the molecule is COC(=O)C1C(O)c2ccccc2SC1c1ccccc1. The van der Waals surface area contributed by atoms with Crippen LogP contribution in [0.25, 0.3) is 0 Å². The molecule has 1 N–H and O–H groups in total. The van der Waals surface area contributed by atoms with E-state index in [4.69, 9.17) is 4.74 Å². The lowest BCUT2D eigenvalue weighted by atomic mass is 9.88. The summed E-state index contributed by atoms with van der Waals surface area (Å²) in [7, 11) is 1.36. The molecule has 3 nitrogen and oxygen atoms in total. The van der Waals surface area contributed by atoms with Gasteiger partial charge in [0.05, 0.1) is 18.5 Å². The second-order valence-electron chi connectivity index (χ2n) is 4.98. The summed E-state index contributed by atoms with van der Waals surface area (Å²) in [6.45, 7) is 0. The topological polar surface area (TPSA) is 46.5 Å². The van der Waals surface area contributed by atoms with E-state index in [1.165, 1.54) is 7.11 Å². The molecule has 21 heavy (non-hydrogen) atoms. The number of carbonyl (C=O) groups is 1. The highest BCUT2D eigenvalue weighted by Crippen LogP contribution is 2.52. The molecule has 2 aromatic carbocycles. The zero-order valence-electron chi connectivity index (χ0n) is 11.6. The number of hydrogen-bond donors (Lipinski definition) is 1. The predicted octanol–water partition coefficient (Wildman–Crippen LogP) is 3.36. The molecule has 3 unspecified atom stereocenters. The van der Waals surface area contributed by atoms with E-state index in [0.717, 1.165) is 16.0 Å². The van der Waals surface area contributed by atoms with Crippen molar-refractivity contribution in [1.29, 1.82) is 0 Å². The standard InChI is InChI=1S/C17H16O3S/c1-20-17(19)14-15(18)12-9-5-6-10-13(12)21-16(14)11-7-3-2-4-8-11/h2-10,14-16,18H,1H3. The fourth-order valence-corrected chi connectivity index (χ4v) is 4.16. The number of aliphatic hydroxyl groups excluding tert-OH is 1. The van der Waals surface area contributed by atoms with Gasteiger partial charge in [-0.3, -0.25) is 4.79 Å². The minimum atomic E-state index is -0.847. The van der Waals surface area contributed by atoms with Crippen molar-refractivity contribution in [3.63, 3.8) is 0 Å². The average Bonchev–Trinajstić information content (AvgIpc) is 2.55. The minimum Gasteiger partial charge on any atom is -0.469 e. The van der Waals surface area contributed by atoms with E-state index < -0.39 is 12.0 Å². The van der Waals surface area contributed by atoms with Gasteiger partial charge < -0.3 is 9.84 Å². The fraction of sp³-hybridized carbons (Fsp3) is 0.235. The number of esters is 1. The Kier molecular flexibility index (Phi) is 3.99. The van der Waals surface area contributed by atoms with Crippen LogP contribution in [-0.4, -0.2) is 18.2 Å². The van der Waals surface area contributed by atoms with Crippen molar-refractivity contribution >= 4 is 17.7 Å². The van der Waals surface area contributed by atoms with Crippen LogP contribution in [-0.2, 0) is 9.53 Å². The van der Waals surface area contributed by atoms with Crippen molar-refractivity contribution in [3.05, 3.63) is 65.7 Å². The van der Waals surface area contributed by atoms with Crippen molar-refractivity contribution in [1.82, 2.24) is 0 Å². The normalized spacial score (nSPS) is 24.2. The third-order valence-corrected chi connectivity index (χ3v) is 5.20. The molecule has 0 fully saturated rings. The number of rotatable bonds is 2. The van der Waals surface area contributed by atoms with Gasteiger partial charge in [0, 0.05) is 4.90 Å². The van der Waals surface area contributed by atoms with Crippen LogP contribution in [0.3, 0.4) is 0 Å². The molecule has 108 valence electrons. The maximum atomic E-state index is 12.2. The van der Waals surface area contributed by atoms with E-state index in [0.29, 0.717) is 0 Å². The molecule has 0 spiro atoms. The second-order valence-corrected chi connectivity index (χ2v) is 6.16. The smallest absolute Gasteiger partial charge is 0.313 e. The largest absolute Gasteiger partial charge is 0.469 e. The highest BCUT2D eigenvalue weighted by molar-refractivity contribution is 7.99. The van der Waals surface area contributed by atoms with Gasteiger partial charge in [0.1, 0.15) is 5.92 Å². The molecule has 0 bridgehead atoms. The van der Waals surface area contributed by atoms with Crippen molar-refractivity contribution in [2.75, 3.05) is 7.11 Å². The van der Waals surface area contributed by atoms with Crippen LogP contribution < -0.4 is 0 Å². The quantitative estimate of drug-likeness (QED) is 0.864. The zero-order chi connectivity index (χ0) is 14.8. The van der Waals surface area contributed by atoms with Crippen molar-refractivity contribution in [3.8, 4) is 0 Å². The third-order valence-electron chi connectivity index (χ3n) is 3.76. The van der Waals surface area contributed by atoms with Crippen LogP contribution in [0.5, 0.6) is 0 Å². The molecule has 0 saturated carbocycles. The van der Waals surface area contributed by atoms with Gasteiger partial charge in [-0.2, -0.15) is 0 Å². The lowest BCUT2D eigenvalue weighted by Crippen LogP contribution is -2.31. The summed E-state index contributed by atoms with van der Waals surface area (Å²) in [5, 5.41) is 10.5. The fourth-order valence-electron chi connectivity index (χ4n) is 2.71. The maximum Gasteiger partial charge on any atom is 0.313 e. The highest BCUT2D eigenvalue weighted by atomic mass is 32.2. The first-order chi connectivity index (χ1) is 10.2. The molecule has 1 aliphatic rings. The van der Waals surface area contributed by atoms with Crippen LogP contribution in [0, 0.1) is 5.92 Å². The Morgan fingerprint density at radius 2 is 1.76 bits per heavy atom. The van der Waals surface area contributed by atoms with E-state index >= 15 is 0 Å². The monoisotopic (exact) mass is 300 g/mol. The summed E-state index contributed by atoms with van der Waals surface area (Å²) in [5.74, 6) is -0.976. The van der Waals surface area contributed by atoms with Crippen molar-refractivity contribution in [2.24, 2.45) is 5.92 Å². The van der Waals surface area contributed by atoms with E-state index in [1.54, 1.807) is 11.8 Å². The van der Waals surface area contributed by atoms with Gasteiger partial charge in [0.25, 0.3) is 0 Å². The summed E-state index contributed by atoms with van der Waals surface area (Å²) >= 11 is 1.60. The highest BCUT2D eigenvalue weighted by Gasteiger charge is 2.42. The molecular formula is C17H16O3S. The first-order valence-electron chi connectivity index (χ1n) is 6.79. The molecule has 1 aliphatic heterocycles. The van der Waals surface area contributed by atoms with Gasteiger partial charge >= 0.3 is 5.97 Å². The number of methoxy groups -OCH3 is 1. The van der Waals surface area contributed by atoms with Crippen LogP contribution in [0.1, 0.15) is 22.5 Å². The van der Waals surface area contributed by atoms with E-state index in [1.807, 2.05) is 54.6 Å². The Morgan fingerprint density at radius 1 is 1.10 bits per heavy atom. The Hall–Kier alpha value is -1.78. The van der Waals surface area contributed by atoms with Crippen LogP contribution in [0.2, 0.25) is 0 Å². The Morgan fingerprint density at radius 3 is 2.48 bits per heavy atom. The van der Waals surface area contributed by atoms with Gasteiger partial charge in [-0.1, -0.05) is 48.5 Å². The van der Waals surface area contributed by atoms with Crippen molar-refractivity contribution < 1.29 is 14.6 Å². The molecule has 3 rings (SSSR count). The van der Waals surface area contributed by atoms with Crippen LogP contribution in [0.15, 0.2) is 59.5 Å². The summed E-state index contributed by atoms with van der Waals surface area (Å²) < 4.78 is 4.91. The Labute approximate surface area is 127 Å². The lowest BCUT2D eigenvalue weighted by Gasteiger charge is -2.34. The molecule has 1 heterocycles. The second kappa shape index (κ2) is 5.92. The molecule has 4 heteroatoms. The first kappa shape index (κ1) is 14.2. The van der Waals surface area contributed by atoms with Gasteiger partial charge in [-0.15, -0.1) is 11.8 Å². The van der Waals surface area contributed by atoms with Crippen LogP contribution in [0.4, 0.5) is 0 Å². The molecule has 3 atom stereocenters. The summed E-state index contributed by atoms with van der Waals surface area (Å²) in [5.41, 5.74) is 1.82. The zero-order valence-corrected chi connectivity index (χ0v) is 12.4. The molecule has 0 saturated heterocycles. The minimum absolute atomic E-state index is 0.149. The number of carbonyl (C=O) groups excluding carboxylic acids is 1. The average molecular weight is 300 g/mol. The molecule has 0 amide bonds. The number of thioether (sulfide) groups is 1.